The van der Waals surface area contributed by atoms with E-state index < -0.39 is 0 Å². The van der Waals surface area contributed by atoms with Crippen LogP contribution in [0.25, 0.3) is 0 Å². The number of amides is 1. The summed E-state index contributed by atoms with van der Waals surface area (Å²) in [6.07, 6.45) is 0.496. The summed E-state index contributed by atoms with van der Waals surface area (Å²) in [7, 11) is 1.81. The lowest BCUT2D eigenvalue weighted by Gasteiger charge is -2.16. The van der Waals surface area contributed by atoms with Gasteiger partial charge in [-0.15, -0.1) is 0 Å². The Morgan fingerprint density at radius 3 is 2.53 bits per heavy atom. The third kappa shape index (κ3) is 4.26. The molecule has 1 rings (SSSR count). The monoisotopic (exact) mass is 287 g/mol. The number of hydrogen-bond donors (Lipinski definition) is 1. The summed E-state index contributed by atoms with van der Waals surface area (Å²) in [5, 5.41) is 0. The number of hydrogen-bond acceptors (Lipinski definition) is 2. The van der Waals surface area contributed by atoms with Gasteiger partial charge in [0, 0.05) is 24.5 Å². The Labute approximate surface area is 104 Å². The van der Waals surface area contributed by atoms with Crippen LogP contribution in [0.4, 0.5) is 0 Å². The molecule has 0 fully saturated rings. The van der Waals surface area contributed by atoms with Crippen molar-refractivity contribution in [3.63, 3.8) is 0 Å². The Morgan fingerprint density at radius 2 is 2.00 bits per heavy atom. The first-order valence-corrected chi connectivity index (χ1v) is 6.15. The summed E-state index contributed by atoms with van der Waals surface area (Å²) in [6, 6.07) is 7.97. The van der Waals surface area contributed by atoms with Crippen LogP contribution in [-0.4, -0.2) is 23.6 Å². The van der Waals surface area contributed by atoms with Crippen LogP contribution in [0.2, 0.25) is 0 Å². The van der Waals surface area contributed by atoms with Crippen LogP contribution in [0, 0.1) is 0 Å². The summed E-state index contributed by atoms with van der Waals surface area (Å²) >= 11 is 7.42. The first kappa shape index (κ1) is 12.6. The lowest BCUT2D eigenvalue weighted by atomic mass is 10.2. The van der Waals surface area contributed by atoms with Crippen LogP contribution >= 0.6 is 28.6 Å². The highest BCUT2D eigenvalue weighted by Gasteiger charge is 2.07. The van der Waals surface area contributed by atoms with E-state index in [0.717, 1.165) is 10.0 Å². The molecule has 0 N–H and O–H groups in total. The maximum atomic E-state index is 11.5. The number of carbonyl (C=O) groups is 1. The minimum absolute atomic E-state index is 0.132. The normalized spacial score (nSPS) is 10.1. The van der Waals surface area contributed by atoms with E-state index in [1.165, 1.54) is 0 Å². The number of thiol groups is 1. The zero-order valence-electron chi connectivity index (χ0n) is 8.61. The molecule has 0 heterocycles. The van der Waals surface area contributed by atoms with Crippen LogP contribution in [-0.2, 0) is 11.3 Å². The predicted octanol–water partition coefficient (Wildman–Crippen LogP) is 2.73. The second-order valence-electron chi connectivity index (χ2n) is 3.35. The van der Waals surface area contributed by atoms with Crippen LogP contribution in [0.3, 0.4) is 0 Å². The molecule has 2 nitrogen and oxygen atoms in total. The highest BCUT2D eigenvalue weighted by atomic mass is 79.9. The Hall–Kier alpha value is -0.480. The molecule has 0 aliphatic carbocycles. The van der Waals surface area contributed by atoms with Crippen LogP contribution < -0.4 is 0 Å². The van der Waals surface area contributed by atoms with Crippen molar-refractivity contribution in [3.05, 3.63) is 34.3 Å². The summed E-state index contributed by atoms with van der Waals surface area (Å²) < 4.78 is 1.05. The van der Waals surface area contributed by atoms with E-state index in [1.807, 2.05) is 31.3 Å². The Morgan fingerprint density at radius 1 is 1.40 bits per heavy atom. The van der Waals surface area contributed by atoms with Crippen molar-refractivity contribution >= 4 is 34.5 Å². The summed E-state index contributed by atoms with van der Waals surface area (Å²) in [5.74, 6) is 0.733. The maximum Gasteiger partial charge on any atom is 0.223 e. The largest absolute Gasteiger partial charge is 0.341 e. The van der Waals surface area contributed by atoms with Crippen molar-refractivity contribution in [1.82, 2.24) is 4.90 Å². The fourth-order valence-corrected chi connectivity index (χ4v) is 1.69. The first-order chi connectivity index (χ1) is 7.13. The molecule has 15 heavy (non-hydrogen) atoms. The standard InChI is InChI=1S/C11H14BrNOS/c1-13(11(14)6-7-15)8-9-2-4-10(12)5-3-9/h2-5,15H,6-8H2,1H3. The maximum absolute atomic E-state index is 11.5. The molecule has 0 aromatic heterocycles. The molecule has 1 amide bonds. The molecular formula is C11H14BrNOS. The van der Waals surface area contributed by atoms with E-state index in [2.05, 4.69) is 28.6 Å². The van der Waals surface area contributed by atoms with Gasteiger partial charge in [0.05, 0.1) is 0 Å². The van der Waals surface area contributed by atoms with E-state index in [0.29, 0.717) is 18.7 Å². The fraction of sp³-hybridized carbons (Fsp3) is 0.364. The molecule has 4 heteroatoms. The van der Waals surface area contributed by atoms with Crippen molar-refractivity contribution in [2.24, 2.45) is 0 Å². The average Bonchev–Trinajstić information content (AvgIpc) is 2.22. The predicted molar refractivity (Wildman–Crippen MR) is 69.1 cm³/mol. The van der Waals surface area contributed by atoms with Gasteiger partial charge in [-0.25, -0.2) is 0 Å². The average molecular weight is 288 g/mol. The summed E-state index contributed by atoms with van der Waals surface area (Å²) in [5.41, 5.74) is 1.13. The van der Waals surface area contributed by atoms with Crippen molar-refractivity contribution in [1.29, 1.82) is 0 Å². The molecule has 0 atom stereocenters. The zero-order valence-corrected chi connectivity index (χ0v) is 11.1. The third-order valence-electron chi connectivity index (χ3n) is 2.08. The zero-order chi connectivity index (χ0) is 11.3. The summed E-state index contributed by atoms with van der Waals surface area (Å²) in [6.45, 7) is 0.653. The molecule has 0 aliphatic heterocycles. The molecule has 0 unspecified atom stereocenters. The van der Waals surface area contributed by atoms with E-state index in [-0.39, 0.29) is 5.91 Å². The number of halogens is 1. The second-order valence-corrected chi connectivity index (χ2v) is 4.71. The fourth-order valence-electron chi connectivity index (χ4n) is 1.24. The van der Waals surface area contributed by atoms with Crippen molar-refractivity contribution in [2.75, 3.05) is 12.8 Å². The highest BCUT2D eigenvalue weighted by molar-refractivity contribution is 9.10. The molecule has 82 valence electrons. The van der Waals surface area contributed by atoms with Crippen molar-refractivity contribution in [3.8, 4) is 0 Å². The SMILES string of the molecule is CN(Cc1ccc(Br)cc1)C(=O)CCS. The van der Waals surface area contributed by atoms with Gasteiger partial charge in [0.25, 0.3) is 0 Å². The van der Waals surface area contributed by atoms with Gasteiger partial charge in [0.1, 0.15) is 0 Å². The number of nitrogens with zero attached hydrogens (tertiary/aromatic N) is 1. The number of rotatable bonds is 4. The Kier molecular flexibility index (Phi) is 5.19. The number of carbonyl (C=O) groups excluding carboxylic acids is 1. The summed E-state index contributed by atoms with van der Waals surface area (Å²) in [4.78, 5) is 13.2. The molecule has 1 aromatic rings. The van der Waals surface area contributed by atoms with E-state index in [1.54, 1.807) is 4.90 Å². The van der Waals surface area contributed by atoms with Gasteiger partial charge in [-0.1, -0.05) is 28.1 Å². The Bertz CT molecular complexity index is 326. The van der Waals surface area contributed by atoms with Crippen LogP contribution in [0.5, 0.6) is 0 Å². The number of benzene rings is 1. The third-order valence-corrected chi connectivity index (χ3v) is 2.84. The van der Waals surface area contributed by atoms with Crippen LogP contribution in [0.15, 0.2) is 28.7 Å². The minimum Gasteiger partial charge on any atom is -0.341 e. The van der Waals surface area contributed by atoms with Gasteiger partial charge in [-0.3, -0.25) is 4.79 Å². The quantitative estimate of drug-likeness (QED) is 0.845. The molecule has 0 spiro atoms. The highest BCUT2D eigenvalue weighted by Crippen LogP contribution is 2.12. The van der Waals surface area contributed by atoms with Gasteiger partial charge in [0.2, 0.25) is 5.91 Å². The molecule has 1 aromatic carbocycles. The van der Waals surface area contributed by atoms with Crippen molar-refractivity contribution in [2.45, 2.75) is 13.0 Å². The molecular weight excluding hydrogens is 274 g/mol. The van der Waals surface area contributed by atoms with Crippen LogP contribution in [0.1, 0.15) is 12.0 Å². The minimum atomic E-state index is 0.132. The molecule has 0 radical (unpaired) electrons. The van der Waals surface area contributed by atoms with Gasteiger partial charge in [-0.2, -0.15) is 12.6 Å². The van der Waals surface area contributed by atoms with E-state index >= 15 is 0 Å². The van der Waals surface area contributed by atoms with Gasteiger partial charge in [-0.05, 0) is 23.4 Å². The molecule has 0 bridgehead atoms. The molecule has 0 saturated carbocycles. The van der Waals surface area contributed by atoms with Crippen molar-refractivity contribution < 1.29 is 4.79 Å². The molecule has 0 aliphatic rings. The van der Waals surface area contributed by atoms with Gasteiger partial charge >= 0.3 is 0 Å². The molecule has 0 saturated heterocycles. The first-order valence-electron chi connectivity index (χ1n) is 4.72. The Balaban J connectivity index is 2.54. The lowest BCUT2D eigenvalue weighted by molar-refractivity contribution is -0.129. The van der Waals surface area contributed by atoms with Gasteiger partial charge < -0.3 is 4.90 Å². The van der Waals surface area contributed by atoms with E-state index in [9.17, 15) is 4.79 Å². The van der Waals surface area contributed by atoms with Gasteiger partial charge in [0.15, 0.2) is 0 Å². The lowest BCUT2D eigenvalue weighted by Crippen LogP contribution is -2.26. The smallest absolute Gasteiger partial charge is 0.223 e. The topological polar surface area (TPSA) is 20.3 Å². The second kappa shape index (κ2) is 6.18. The van der Waals surface area contributed by atoms with E-state index in [4.69, 9.17) is 0 Å².